The maximum atomic E-state index is 13.1. The number of aromatic amines is 1. The van der Waals surface area contributed by atoms with Gasteiger partial charge in [0.25, 0.3) is 0 Å². The minimum Gasteiger partial charge on any atom is -0.497 e. The summed E-state index contributed by atoms with van der Waals surface area (Å²) in [6.45, 7) is 1.03. The average molecular weight is 483 g/mol. The van der Waals surface area contributed by atoms with Crippen LogP contribution in [0.25, 0.3) is 10.9 Å². The Kier molecular flexibility index (Phi) is 6.73. The van der Waals surface area contributed by atoms with Crippen LogP contribution in [0.3, 0.4) is 0 Å². The Labute approximate surface area is 210 Å². The predicted octanol–water partition coefficient (Wildman–Crippen LogP) is 3.34. The third-order valence-electron chi connectivity index (χ3n) is 7.04. The fourth-order valence-corrected chi connectivity index (χ4v) is 5.11. The number of H-pyrrole nitrogens is 1. The third-order valence-corrected chi connectivity index (χ3v) is 7.04. The Bertz CT molecular complexity index is 1380. The lowest BCUT2D eigenvalue weighted by Gasteiger charge is -2.34. The zero-order chi connectivity index (χ0) is 25.1. The number of nitrogens with one attached hydrogen (secondary N) is 2. The molecule has 0 fully saturated rings. The SMILES string of the molecule is COc1ccc(C(CNC(=O)CN2Cc3ccccc3C[C@@H]2C(N)=O)c2c[nH]c3ccccc23)cc1. The summed E-state index contributed by atoms with van der Waals surface area (Å²) in [5, 5.41) is 4.24. The van der Waals surface area contributed by atoms with E-state index >= 15 is 0 Å². The van der Waals surface area contributed by atoms with Gasteiger partial charge in [-0.3, -0.25) is 14.5 Å². The van der Waals surface area contributed by atoms with E-state index in [0.29, 0.717) is 19.5 Å². The molecule has 4 N–H and O–H groups in total. The molecule has 0 aliphatic carbocycles. The highest BCUT2D eigenvalue weighted by Gasteiger charge is 2.31. The van der Waals surface area contributed by atoms with Gasteiger partial charge in [0.15, 0.2) is 0 Å². The Hall–Kier alpha value is -4.10. The van der Waals surface area contributed by atoms with E-state index in [4.69, 9.17) is 10.5 Å². The van der Waals surface area contributed by atoms with E-state index in [1.165, 1.54) is 0 Å². The summed E-state index contributed by atoms with van der Waals surface area (Å²) in [5.74, 6) is 0.166. The second-order valence-electron chi connectivity index (χ2n) is 9.22. The van der Waals surface area contributed by atoms with E-state index in [0.717, 1.165) is 38.9 Å². The van der Waals surface area contributed by atoms with Crippen molar-refractivity contribution in [3.8, 4) is 5.75 Å². The molecule has 0 saturated carbocycles. The average Bonchev–Trinajstić information content (AvgIpc) is 3.32. The molecule has 0 saturated heterocycles. The Balaban J connectivity index is 1.35. The van der Waals surface area contributed by atoms with E-state index < -0.39 is 11.9 Å². The van der Waals surface area contributed by atoms with E-state index in [1.54, 1.807) is 7.11 Å². The van der Waals surface area contributed by atoms with Crippen molar-refractivity contribution in [3.05, 3.63) is 101 Å². The number of hydrogen-bond donors (Lipinski definition) is 3. The number of fused-ring (bicyclic) bond motifs is 2. The number of amides is 2. The van der Waals surface area contributed by atoms with Gasteiger partial charge < -0.3 is 20.8 Å². The molecule has 5 rings (SSSR count). The zero-order valence-electron chi connectivity index (χ0n) is 20.2. The molecule has 2 atom stereocenters. The van der Waals surface area contributed by atoms with Crippen molar-refractivity contribution in [2.45, 2.75) is 24.9 Å². The predicted molar refractivity (Wildman–Crippen MR) is 140 cm³/mol. The molecule has 2 amide bonds. The Morgan fingerprint density at radius 3 is 2.53 bits per heavy atom. The molecule has 7 nitrogen and oxygen atoms in total. The third kappa shape index (κ3) is 4.83. The van der Waals surface area contributed by atoms with E-state index in [-0.39, 0.29) is 18.4 Å². The number of rotatable bonds is 8. The molecule has 4 aromatic rings. The van der Waals surface area contributed by atoms with Crippen LogP contribution in [-0.2, 0) is 22.6 Å². The molecule has 7 heteroatoms. The van der Waals surface area contributed by atoms with Crippen molar-refractivity contribution in [2.75, 3.05) is 20.2 Å². The summed E-state index contributed by atoms with van der Waals surface area (Å²) in [4.78, 5) is 30.5. The lowest BCUT2D eigenvalue weighted by atomic mass is 9.90. The summed E-state index contributed by atoms with van der Waals surface area (Å²) >= 11 is 0. The summed E-state index contributed by atoms with van der Waals surface area (Å²) in [5.41, 5.74) is 11.2. The number of hydrogen-bond acceptors (Lipinski definition) is 4. The van der Waals surface area contributed by atoms with Gasteiger partial charge in [0.2, 0.25) is 11.8 Å². The second kappa shape index (κ2) is 10.3. The first-order chi connectivity index (χ1) is 17.5. The number of primary amides is 1. The summed E-state index contributed by atoms with van der Waals surface area (Å²) in [6, 6.07) is 23.6. The van der Waals surface area contributed by atoms with Crippen LogP contribution >= 0.6 is 0 Å². The van der Waals surface area contributed by atoms with Crippen LogP contribution in [-0.4, -0.2) is 47.9 Å². The maximum absolute atomic E-state index is 13.1. The van der Waals surface area contributed by atoms with Crippen LogP contribution in [0.4, 0.5) is 0 Å². The van der Waals surface area contributed by atoms with Crippen LogP contribution in [0, 0.1) is 0 Å². The van der Waals surface area contributed by atoms with Crippen LogP contribution in [0.2, 0.25) is 0 Å². The van der Waals surface area contributed by atoms with Crippen molar-refractivity contribution in [1.82, 2.24) is 15.2 Å². The van der Waals surface area contributed by atoms with Crippen molar-refractivity contribution < 1.29 is 14.3 Å². The molecule has 36 heavy (non-hydrogen) atoms. The Morgan fingerprint density at radius 1 is 1.06 bits per heavy atom. The van der Waals surface area contributed by atoms with Crippen molar-refractivity contribution in [2.24, 2.45) is 5.73 Å². The molecule has 1 aliphatic rings. The molecular weight excluding hydrogens is 452 g/mol. The topological polar surface area (TPSA) is 100 Å². The number of nitrogens with two attached hydrogens (primary N) is 1. The number of carbonyl (C=O) groups excluding carboxylic acids is 2. The standard InChI is InChI=1S/C29H30N4O3/c1-36-22-12-10-19(11-13-22)24(25-16-31-26-9-5-4-8-23(25)26)15-32-28(34)18-33-17-21-7-3-2-6-20(21)14-27(33)29(30)35/h2-13,16,24,27,31H,14-15,17-18H2,1H3,(H2,30,35)(H,32,34)/t24?,27-/m1/s1. The van der Waals surface area contributed by atoms with Crippen molar-refractivity contribution >= 4 is 22.7 Å². The number of methoxy groups -OCH3 is 1. The van der Waals surface area contributed by atoms with Crippen molar-refractivity contribution in [3.63, 3.8) is 0 Å². The molecule has 1 aromatic heterocycles. The number of ether oxygens (including phenoxy) is 1. The number of para-hydroxylation sites is 1. The van der Waals surface area contributed by atoms with Gasteiger partial charge in [0.05, 0.1) is 19.7 Å². The Morgan fingerprint density at radius 2 is 1.78 bits per heavy atom. The van der Waals surface area contributed by atoms with E-state index in [2.05, 4.69) is 16.4 Å². The highest BCUT2D eigenvalue weighted by atomic mass is 16.5. The number of carbonyl (C=O) groups is 2. The highest BCUT2D eigenvalue weighted by molar-refractivity contribution is 5.85. The van der Waals surface area contributed by atoms with Gasteiger partial charge in [-0.2, -0.15) is 0 Å². The largest absolute Gasteiger partial charge is 0.497 e. The lowest BCUT2D eigenvalue weighted by molar-refractivity contribution is -0.127. The number of nitrogens with zero attached hydrogens (tertiary/aromatic N) is 1. The van der Waals surface area contributed by atoms with Gasteiger partial charge in [0.1, 0.15) is 5.75 Å². The minimum absolute atomic E-state index is 0.0648. The van der Waals surface area contributed by atoms with Crippen LogP contribution in [0.15, 0.2) is 79.0 Å². The molecule has 1 unspecified atom stereocenters. The molecule has 0 bridgehead atoms. The lowest BCUT2D eigenvalue weighted by Crippen LogP contribution is -2.52. The first kappa shape index (κ1) is 23.6. The van der Waals surface area contributed by atoms with Gasteiger partial charge >= 0.3 is 0 Å². The summed E-state index contributed by atoms with van der Waals surface area (Å²) in [7, 11) is 1.64. The molecule has 0 radical (unpaired) electrons. The van der Waals surface area contributed by atoms with Gasteiger partial charge in [-0.15, -0.1) is 0 Å². The minimum atomic E-state index is -0.503. The fraction of sp³-hybridized carbons (Fsp3) is 0.241. The van der Waals surface area contributed by atoms with Crippen LogP contribution < -0.4 is 15.8 Å². The van der Waals surface area contributed by atoms with Gasteiger partial charge in [-0.1, -0.05) is 54.6 Å². The smallest absolute Gasteiger partial charge is 0.235 e. The molecule has 3 aromatic carbocycles. The van der Waals surface area contributed by atoms with Gasteiger partial charge in [0, 0.05) is 36.1 Å². The zero-order valence-corrected chi connectivity index (χ0v) is 20.2. The van der Waals surface area contributed by atoms with Crippen LogP contribution in [0.5, 0.6) is 5.75 Å². The van der Waals surface area contributed by atoms with Gasteiger partial charge in [-0.05, 0) is 46.9 Å². The monoisotopic (exact) mass is 482 g/mol. The van der Waals surface area contributed by atoms with E-state index in [9.17, 15) is 9.59 Å². The second-order valence-corrected chi connectivity index (χ2v) is 9.22. The van der Waals surface area contributed by atoms with Crippen LogP contribution in [0.1, 0.15) is 28.2 Å². The highest BCUT2D eigenvalue weighted by Crippen LogP contribution is 2.31. The summed E-state index contributed by atoms with van der Waals surface area (Å²) in [6.07, 6.45) is 2.53. The normalized spacial score (nSPS) is 16.3. The molecular formula is C29H30N4O3. The number of benzene rings is 3. The summed E-state index contributed by atoms with van der Waals surface area (Å²) < 4.78 is 5.33. The number of aromatic nitrogens is 1. The molecule has 1 aliphatic heterocycles. The molecule has 2 heterocycles. The van der Waals surface area contributed by atoms with E-state index in [1.807, 2.05) is 77.8 Å². The quantitative estimate of drug-likeness (QED) is 0.359. The first-order valence-electron chi connectivity index (χ1n) is 12.1. The molecule has 184 valence electrons. The maximum Gasteiger partial charge on any atom is 0.235 e. The first-order valence-corrected chi connectivity index (χ1v) is 12.1. The van der Waals surface area contributed by atoms with Crippen molar-refractivity contribution in [1.29, 1.82) is 0 Å². The fourth-order valence-electron chi connectivity index (χ4n) is 5.11. The molecule has 0 spiro atoms. The van der Waals surface area contributed by atoms with Gasteiger partial charge in [-0.25, -0.2) is 0 Å².